The molecule has 1 saturated carbocycles. The zero-order valence-electron chi connectivity index (χ0n) is 13.0. The van der Waals surface area contributed by atoms with Crippen LogP contribution in [0.4, 0.5) is 4.79 Å². The molecule has 1 aromatic heterocycles. The van der Waals surface area contributed by atoms with Gasteiger partial charge in [0.25, 0.3) is 5.89 Å². The number of urea groups is 1. The lowest BCUT2D eigenvalue weighted by molar-refractivity contribution is -0.125. The van der Waals surface area contributed by atoms with E-state index in [0.717, 1.165) is 30.4 Å². The molecule has 24 heavy (non-hydrogen) atoms. The number of hydrogen-bond acceptors (Lipinski definition) is 6. The maximum Gasteiger partial charge on any atom is 0.324 e. The van der Waals surface area contributed by atoms with Crippen LogP contribution in [0.3, 0.4) is 0 Å². The molecule has 1 saturated heterocycles. The van der Waals surface area contributed by atoms with E-state index in [1.54, 1.807) is 0 Å². The maximum atomic E-state index is 11.6. The number of carbonyl (C=O) groups is 2. The Labute approximate surface area is 138 Å². The Balaban J connectivity index is 1.50. The molecular formula is C16H17N5O3. The van der Waals surface area contributed by atoms with E-state index in [1.165, 1.54) is 4.90 Å². The number of nitrogens with zero attached hydrogens (tertiary/aromatic N) is 3. The summed E-state index contributed by atoms with van der Waals surface area (Å²) in [4.78, 5) is 28.8. The number of nitrogens with one attached hydrogen (secondary N) is 1. The van der Waals surface area contributed by atoms with Crippen molar-refractivity contribution in [1.29, 1.82) is 0 Å². The van der Waals surface area contributed by atoms with Gasteiger partial charge in [0.1, 0.15) is 0 Å². The average molecular weight is 327 g/mol. The quantitative estimate of drug-likeness (QED) is 0.814. The van der Waals surface area contributed by atoms with E-state index < -0.39 is 5.54 Å². The van der Waals surface area contributed by atoms with Crippen molar-refractivity contribution in [1.82, 2.24) is 20.4 Å². The van der Waals surface area contributed by atoms with Gasteiger partial charge in [-0.15, -0.1) is 0 Å². The Morgan fingerprint density at radius 1 is 1.25 bits per heavy atom. The van der Waals surface area contributed by atoms with Crippen molar-refractivity contribution in [3.05, 3.63) is 35.7 Å². The monoisotopic (exact) mass is 327 g/mol. The fourth-order valence-electron chi connectivity index (χ4n) is 2.87. The molecule has 0 atom stereocenters. The Kier molecular flexibility index (Phi) is 3.34. The second kappa shape index (κ2) is 5.41. The van der Waals surface area contributed by atoms with Gasteiger partial charge >= 0.3 is 6.03 Å². The number of benzene rings is 1. The van der Waals surface area contributed by atoms with Gasteiger partial charge in [-0.2, -0.15) is 4.98 Å². The lowest BCUT2D eigenvalue weighted by atomic mass is 9.77. The minimum Gasteiger partial charge on any atom is -0.334 e. The Hall–Kier alpha value is -2.74. The van der Waals surface area contributed by atoms with Crippen LogP contribution < -0.4 is 11.1 Å². The molecule has 2 fully saturated rings. The molecule has 1 aliphatic heterocycles. The minimum absolute atomic E-state index is 0.0581. The van der Waals surface area contributed by atoms with E-state index in [-0.39, 0.29) is 25.0 Å². The van der Waals surface area contributed by atoms with E-state index in [9.17, 15) is 9.59 Å². The first-order chi connectivity index (χ1) is 11.5. The van der Waals surface area contributed by atoms with Crippen LogP contribution in [0.15, 0.2) is 28.8 Å². The highest BCUT2D eigenvalue weighted by atomic mass is 16.5. The third-order valence-electron chi connectivity index (χ3n) is 4.60. The van der Waals surface area contributed by atoms with Crippen molar-refractivity contribution < 1.29 is 14.1 Å². The van der Waals surface area contributed by atoms with E-state index in [4.69, 9.17) is 10.3 Å². The van der Waals surface area contributed by atoms with E-state index in [0.29, 0.717) is 11.7 Å². The summed E-state index contributed by atoms with van der Waals surface area (Å²) in [5, 5.41) is 6.49. The summed E-state index contributed by atoms with van der Waals surface area (Å²) in [6.45, 7) is 0.300. The van der Waals surface area contributed by atoms with Crippen LogP contribution >= 0.6 is 0 Å². The van der Waals surface area contributed by atoms with Gasteiger partial charge in [0.15, 0.2) is 5.82 Å². The predicted octanol–water partition coefficient (Wildman–Crippen LogP) is 1.13. The molecule has 8 heteroatoms. The van der Waals surface area contributed by atoms with Crippen molar-refractivity contribution in [2.45, 2.75) is 31.3 Å². The molecule has 3 N–H and O–H groups in total. The molecule has 0 bridgehead atoms. The summed E-state index contributed by atoms with van der Waals surface area (Å²) in [6.07, 6.45) is 2.82. The van der Waals surface area contributed by atoms with Crippen molar-refractivity contribution in [3.8, 4) is 11.5 Å². The summed E-state index contributed by atoms with van der Waals surface area (Å²) >= 11 is 0. The minimum atomic E-state index is -0.453. The van der Waals surface area contributed by atoms with Crippen molar-refractivity contribution in [2.75, 3.05) is 6.54 Å². The molecule has 2 aromatic rings. The molecule has 0 spiro atoms. The molecule has 124 valence electrons. The van der Waals surface area contributed by atoms with Gasteiger partial charge in [-0.1, -0.05) is 17.3 Å². The first kappa shape index (κ1) is 14.8. The van der Waals surface area contributed by atoms with Crippen molar-refractivity contribution >= 4 is 11.9 Å². The zero-order chi connectivity index (χ0) is 16.7. The number of nitrogens with two attached hydrogens (primary N) is 1. The first-order valence-corrected chi connectivity index (χ1v) is 7.86. The van der Waals surface area contributed by atoms with Crippen LogP contribution in [0.25, 0.3) is 11.5 Å². The van der Waals surface area contributed by atoms with Crippen molar-refractivity contribution in [2.24, 2.45) is 5.73 Å². The predicted molar refractivity (Wildman–Crippen MR) is 83.4 cm³/mol. The number of amides is 3. The number of carbonyl (C=O) groups excluding carboxylic acids is 2. The third kappa shape index (κ3) is 2.44. The highest BCUT2D eigenvalue weighted by Crippen LogP contribution is 2.37. The van der Waals surface area contributed by atoms with Crippen LogP contribution in [0, 0.1) is 0 Å². The molecule has 2 heterocycles. The molecule has 0 radical (unpaired) electrons. The van der Waals surface area contributed by atoms with Crippen LogP contribution in [-0.4, -0.2) is 33.5 Å². The molecule has 3 amide bonds. The Bertz CT molecular complexity index is 778. The number of imide groups is 1. The second-order valence-electron chi connectivity index (χ2n) is 6.27. The summed E-state index contributed by atoms with van der Waals surface area (Å²) in [6, 6.07) is 6.96. The van der Waals surface area contributed by atoms with Gasteiger partial charge in [0.2, 0.25) is 5.91 Å². The molecule has 4 rings (SSSR count). The average Bonchev–Trinajstić information content (AvgIpc) is 3.16. The van der Waals surface area contributed by atoms with E-state index in [2.05, 4.69) is 15.5 Å². The number of rotatable bonds is 4. The summed E-state index contributed by atoms with van der Waals surface area (Å²) in [5.74, 6) is 0.745. The number of hydrogen-bond donors (Lipinski definition) is 2. The highest BCUT2D eigenvalue weighted by Gasteiger charge is 2.39. The van der Waals surface area contributed by atoms with Gasteiger partial charge in [-0.25, -0.2) is 4.79 Å². The lowest BCUT2D eigenvalue weighted by Crippen LogP contribution is -2.44. The van der Waals surface area contributed by atoms with Gasteiger partial charge < -0.3 is 15.6 Å². The van der Waals surface area contributed by atoms with E-state index in [1.807, 2.05) is 24.3 Å². The summed E-state index contributed by atoms with van der Waals surface area (Å²) in [5.41, 5.74) is 7.36. The van der Waals surface area contributed by atoms with Crippen LogP contribution in [0.1, 0.15) is 30.7 Å². The summed E-state index contributed by atoms with van der Waals surface area (Å²) in [7, 11) is 0. The topological polar surface area (TPSA) is 114 Å². The number of aromatic nitrogens is 2. The fraction of sp³-hybridized carbons (Fsp3) is 0.375. The Morgan fingerprint density at radius 2 is 2.00 bits per heavy atom. The third-order valence-corrected chi connectivity index (χ3v) is 4.60. The summed E-state index contributed by atoms with van der Waals surface area (Å²) < 4.78 is 5.31. The van der Waals surface area contributed by atoms with Gasteiger partial charge in [-0.05, 0) is 37.0 Å². The van der Waals surface area contributed by atoms with Crippen LogP contribution in [0.2, 0.25) is 0 Å². The molecule has 0 unspecified atom stereocenters. The van der Waals surface area contributed by atoms with Gasteiger partial charge in [0, 0.05) is 5.56 Å². The molecule has 1 aliphatic carbocycles. The standard InChI is InChI=1S/C16H17N5O3/c17-16(6-1-7-16)14-19-13(24-20-14)11-4-2-10(3-5-11)9-21-12(22)8-18-15(21)23/h2-5H,1,6-9,17H2,(H,18,23). The first-order valence-electron chi connectivity index (χ1n) is 7.86. The van der Waals surface area contributed by atoms with Gasteiger partial charge in [0.05, 0.1) is 18.6 Å². The molecule has 1 aromatic carbocycles. The van der Waals surface area contributed by atoms with Crippen LogP contribution in [0.5, 0.6) is 0 Å². The zero-order valence-corrected chi connectivity index (χ0v) is 13.0. The lowest BCUT2D eigenvalue weighted by Gasteiger charge is -2.34. The largest absolute Gasteiger partial charge is 0.334 e. The fourth-order valence-corrected chi connectivity index (χ4v) is 2.87. The van der Waals surface area contributed by atoms with Crippen molar-refractivity contribution in [3.63, 3.8) is 0 Å². The highest BCUT2D eigenvalue weighted by molar-refractivity contribution is 6.01. The molecule has 8 nitrogen and oxygen atoms in total. The normalized spacial score (nSPS) is 19.3. The van der Waals surface area contributed by atoms with Crippen LogP contribution in [-0.2, 0) is 16.9 Å². The Morgan fingerprint density at radius 3 is 2.58 bits per heavy atom. The molecular weight excluding hydrogens is 310 g/mol. The van der Waals surface area contributed by atoms with E-state index >= 15 is 0 Å². The van der Waals surface area contributed by atoms with Gasteiger partial charge in [-0.3, -0.25) is 9.69 Å². The molecule has 2 aliphatic rings. The second-order valence-corrected chi connectivity index (χ2v) is 6.27. The SMILES string of the molecule is NC1(c2noc(-c3ccc(CN4C(=O)CNC4=O)cc3)n2)CCC1. The maximum absolute atomic E-state index is 11.6. The smallest absolute Gasteiger partial charge is 0.324 e.